The number of carbonyl (C=O) groups excluding carboxylic acids is 2. The maximum Gasteiger partial charge on any atom is 0.306 e. The molecule has 0 spiro atoms. The molecule has 0 aromatic rings. The van der Waals surface area contributed by atoms with Crippen LogP contribution in [0.5, 0.6) is 0 Å². The Balaban J connectivity index is 3.74. The van der Waals surface area contributed by atoms with E-state index in [1.165, 1.54) is 25.7 Å². The molecule has 0 heterocycles. The van der Waals surface area contributed by atoms with Crippen LogP contribution in [-0.4, -0.2) is 36.4 Å². The van der Waals surface area contributed by atoms with E-state index < -0.39 is 6.10 Å². The normalized spacial score (nSPS) is 13.2. The Hall–Kier alpha value is -2.92. The lowest BCUT2D eigenvalue weighted by molar-refractivity contribution is -0.161. The molecule has 260 valence electrons. The molecule has 0 amide bonds. The van der Waals surface area contributed by atoms with E-state index in [1.807, 2.05) is 0 Å². The van der Waals surface area contributed by atoms with Gasteiger partial charge in [-0.2, -0.15) is 0 Å². The van der Waals surface area contributed by atoms with Gasteiger partial charge in [0.15, 0.2) is 6.10 Å². The molecule has 0 radical (unpaired) electrons. The second kappa shape index (κ2) is 36.5. The molecule has 0 aliphatic rings. The van der Waals surface area contributed by atoms with E-state index in [0.717, 1.165) is 83.5 Å². The number of carbonyl (C=O) groups is 2. The molecular formula is C41H66O5. The topological polar surface area (TPSA) is 72.8 Å². The Bertz CT molecular complexity index is 906. The number of aliphatic hydroxyl groups excluding tert-OH is 1. The van der Waals surface area contributed by atoms with Gasteiger partial charge in [0.1, 0.15) is 6.61 Å². The molecule has 1 N–H and O–H groups in total. The number of ether oxygens (including phenoxy) is 2. The summed E-state index contributed by atoms with van der Waals surface area (Å²) in [5.74, 6) is -0.687. The van der Waals surface area contributed by atoms with Gasteiger partial charge in [0.25, 0.3) is 0 Å². The molecule has 5 nitrogen and oxygen atoms in total. The fraction of sp³-hybridized carbons (Fsp3) is 0.610. The summed E-state index contributed by atoms with van der Waals surface area (Å²) in [7, 11) is 0. The minimum absolute atomic E-state index is 0.107. The van der Waals surface area contributed by atoms with Crippen LogP contribution in [0.25, 0.3) is 0 Å². The molecule has 5 heteroatoms. The van der Waals surface area contributed by atoms with Crippen molar-refractivity contribution in [2.24, 2.45) is 0 Å². The third-order valence-corrected chi connectivity index (χ3v) is 7.17. The van der Waals surface area contributed by atoms with Crippen molar-refractivity contribution in [1.29, 1.82) is 0 Å². The van der Waals surface area contributed by atoms with E-state index in [9.17, 15) is 14.7 Å². The molecule has 46 heavy (non-hydrogen) atoms. The maximum absolute atomic E-state index is 12.1. The highest BCUT2D eigenvalue weighted by Crippen LogP contribution is 2.10. The fourth-order valence-corrected chi connectivity index (χ4v) is 4.44. The summed E-state index contributed by atoms with van der Waals surface area (Å²) in [6.45, 7) is 3.91. The Morgan fingerprint density at radius 3 is 1.48 bits per heavy atom. The van der Waals surface area contributed by atoms with Crippen LogP contribution in [-0.2, 0) is 19.1 Å². The molecule has 0 aromatic carbocycles. The van der Waals surface area contributed by atoms with Crippen molar-refractivity contribution in [2.45, 2.75) is 148 Å². The SMILES string of the molecule is CCC=CCC=CCC=CCCCCCCCC(=O)OC(CO)COC(=O)CCCC=CCC=CCC=CCC=CCCCCC. The van der Waals surface area contributed by atoms with Gasteiger partial charge >= 0.3 is 11.9 Å². The van der Waals surface area contributed by atoms with E-state index in [2.05, 4.69) is 98.9 Å². The summed E-state index contributed by atoms with van der Waals surface area (Å²) >= 11 is 0. The van der Waals surface area contributed by atoms with E-state index in [-0.39, 0.29) is 25.2 Å². The minimum Gasteiger partial charge on any atom is -0.462 e. The van der Waals surface area contributed by atoms with E-state index in [1.54, 1.807) is 0 Å². The average Bonchev–Trinajstić information content (AvgIpc) is 3.06. The summed E-state index contributed by atoms with van der Waals surface area (Å²) in [6.07, 6.45) is 49.2. The summed E-state index contributed by atoms with van der Waals surface area (Å²) in [5, 5.41) is 9.52. The number of aliphatic hydroxyl groups is 1. The van der Waals surface area contributed by atoms with Crippen LogP contribution < -0.4 is 0 Å². The first-order valence-corrected chi connectivity index (χ1v) is 18.1. The first-order valence-electron chi connectivity index (χ1n) is 18.1. The molecule has 0 aliphatic carbocycles. The fourth-order valence-electron chi connectivity index (χ4n) is 4.44. The first-order chi connectivity index (χ1) is 22.6. The predicted octanol–water partition coefficient (Wildman–Crippen LogP) is 11.2. The summed E-state index contributed by atoms with van der Waals surface area (Å²) < 4.78 is 10.5. The lowest BCUT2D eigenvalue weighted by Crippen LogP contribution is -2.28. The first kappa shape index (κ1) is 43.1. The van der Waals surface area contributed by atoms with Crippen molar-refractivity contribution in [2.75, 3.05) is 13.2 Å². The second-order valence-electron chi connectivity index (χ2n) is 11.6. The van der Waals surface area contributed by atoms with Crippen LogP contribution in [0.15, 0.2) is 85.1 Å². The Kier molecular flexibility index (Phi) is 34.2. The Morgan fingerprint density at radius 2 is 0.957 bits per heavy atom. The quantitative estimate of drug-likeness (QED) is 0.0465. The van der Waals surface area contributed by atoms with Gasteiger partial charge in [-0.25, -0.2) is 0 Å². The number of esters is 2. The van der Waals surface area contributed by atoms with Crippen LogP contribution >= 0.6 is 0 Å². The highest BCUT2D eigenvalue weighted by atomic mass is 16.6. The zero-order valence-electron chi connectivity index (χ0n) is 29.3. The monoisotopic (exact) mass is 638 g/mol. The number of allylic oxidation sites excluding steroid dienone is 14. The standard InChI is InChI=1S/C41H66O5/c1-3-5-7-9-11-13-15-17-19-20-22-23-25-27-29-31-33-35-40(43)45-38-39(37-42)46-41(44)36-34-32-30-28-26-24-21-18-16-14-12-10-8-6-4-2/h6,8,11-14,17-19,21-23,27,29,39,42H,3-5,7,9-10,15-16,20,24-26,28,30-38H2,1-2H3. The Labute approximate surface area is 282 Å². The van der Waals surface area contributed by atoms with Gasteiger partial charge < -0.3 is 14.6 Å². The van der Waals surface area contributed by atoms with Crippen molar-refractivity contribution < 1.29 is 24.2 Å². The van der Waals surface area contributed by atoms with Crippen LogP contribution in [0, 0.1) is 0 Å². The highest BCUT2D eigenvalue weighted by molar-refractivity contribution is 5.70. The lowest BCUT2D eigenvalue weighted by atomic mass is 10.1. The third-order valence-electron chi connectivity index (χ3n) is 7.17. The van der Waals surface area contributed by atoms with Crippen molar-refractivity contribution >= 4 is 11.9 Å². The average molecular weight is 639 g/mol. The maximum atomic E-state index is 12.1. The van der Waals surface area contributed by atoms with Gasteiger partial charge in [0.2, 0.25) is 0 Å². The zero-order chi connectivity index (χ0) is 33.6. The number of hydrogen-bond acceptors (Lipinski definition) is 5. The molecular weight excluding hydrogens is 572 g/mol. The summed E-state index contributed by atoms with van der Waals surface area (Å²) in [6, 6.07) is 0. The minimum atomic E-state index is -0.806. The van der Waals surface area contributed by atoms with E-state index >= 15 is 0 Å². The van der Waals surface area contributed by atoms with Gasteiger partial charge in [-0.3, -0.25) is 9.59 Å². The Morgan fingerprint density at radius 1 is 0.522 bits per heavy atom. The predicted molar refractivity (Wildman–Crippen MR) is 196 cm³/mol. The van der Waals surface area contributed by atoms with Crippen molar-refractivity contribution in [1.82, 2.24) is 0 Å². The van der Waals surface area contributed by atoms with E-state index in [4.69, 9.17) is 9.47 Å². The molecule has 0 bridgehead atoms. The van der Waals surface area contributed by atoms with Crippen LogP contribution in [0.3, 0.4) is 0 Å². The van der Waals surface area contributed by atoms with Gasteiger partial charge in [0, 0.05) is 12.8 Å². The smallest absolute Gasteiger partial charge is 0.306 e. The van der Waals surface area contributed by atoms with Crippen molar-refractivity contribution in [3.8, 4) is 0 Å². The van der Waals surface area contributed by atoms with Crippen LogP contribution in [0.1, 0.15) is 142 Å². The highest BCUT2D eigenvalue weighted by Gasteiger charge is 2.15. The number of unbranched alkanes of at least 4 members (excludes halogenated alkanes) is 9. The molecule has 1 unspecified atom stereocenters. The van der Waals surface area contributed by atoms with E-state index in [0.29, 0.717) is 19.3 Å². The van der Waals surface area contributed by atoms with Crippen molar-refractivity contribution in [3.63, 3.8) is 0 Å². The molecule has 0 saturated heterocycles. The van der Waals surface area contributed by atoms with Gasteiger partial charge in [0.05, 0.1) is 6.61 Å². The zero-order valence-corrected chi connectivity index (χ0v) is 29.3. The molecule has 0 aliphatic heterocycles. The van der Waals surface area contributed by atoms with Crippen LogP contribution in [0.2, 0.25) is 0 Å². The molecule has 0 fully saturated rings. The second-order valence-corrected chi connectivity index (χ2v) is 11.6. The molecule has 0 aromatic heterocycles. The molecule has 1 atom stereocenters. The van der Waals surface area contributed by atoms with Gasteiger partial charge in [-0.05, 0) is 83.5 Å². The van der Waals surface area contributed by atoms with Gasteiger partial charge in [-0.15, -0.1) is 0 Å². The number of hydrogen-bond donors (Lipinski definition) is 1. The molecule has 0 rings (SSSR count). The summed E-state index contributed by atoms with van der Waals surface area (Å²) in [5.41, 5.74) is 0. The third kappa shape index (κ3) is 34.0. The lowest BCUT2D eigenvalue weighted by Gasteiger charge is -2.15. The molecule has 0 saturated carbocycles. The number of rotatable bonds is 31. The largest absolute Gasteiger partial charge is 0.462 e. The van der Waals surface area contributed by atoms with Crippen LogP contribution in [0.4, 0.5) is 0 Å². The summed E-state index contributed by atoms with van der Waals surface area (Å²) in [4.78, 5) is 24.2. The van der Waals surface area contributed by atoms with Crippen molar-refractivity contribution in [3.05, 3.63) is 85.1 Å². The van der Waals surface area contributed by atoms with Gasteiger partial charge in [-0.1, -0.05) is 131 Å².